The van der Waals surface area contributed by atoms with Crippen LogP contribution in [0.3, 0.4) is 0 Å². The minimum atomic E-state index is -4.62. The Balaban J connectivity index is 4.12. The third-order valence-corrected chi connectivity index (χ3v) is 12.9. The van der Waals surface area contributed by atoms with Crippen molar-refractivity contribution in [3.63, 3.8) is 0 Å². The van der Waals surface area contributed by atoms with E-state index in [9.17, 15) is 24.2 Å². The van der Waals surface area contributed by atoms with Crippen LogP contribution in [0.15, 0.2) is 12.2 Å². The van der Waals surface area contributed by atoms with Gasteiger partial charge in [0.25, 0.3) is 0 Å². The Kier molecular flexibility index (Phi) is 47.6. The molecule has 3 N–H and O–H groups in total. The highest BCUT2D eigenvalue weighted by molar-refractivity contribution is 7.47. The average molecular weight is 917 g/mol. The lowest BCUT2D eigenvalue weighted by atomic mass is 10.0. The fourth-order valence-corrected chi connectivity index (χ4v) is 8.60. The van der Waals surface area contributed by atoms with Crippen molar-refractivity contribution in [2.45, 2.75) is 283 Å². The highest BCUT2D eigenvalue weighted by atomic mass is 31.2. The smallest absolute Gasteiger partial charge is 0.462 e. The van der Waals surface area contributed by atoms with Crippen molar-refractivity contribution in [2.24, 2.45) is 0 Å². The Labute approximate surface area is 387 Å². The predicted octanol–water partition coefficient (Wildman–Crippen LogP) is 15.1. The maximum Gasteiger partial charge on any atom is 0.472 e. The molecule has 11 heteroatoms. The zero-order valence-corrected chi connectivity index (χ0v) is 42.0. The molecule has 0 amide bonds. The summed E-state index contributed by atoms with van der Waals surface area (Å²) in [5.74, 6) is -0.909. The predicted molar refractivity (Wildman–Crippen MR) is 261 cm³/mol. The fourth-order valence-electron chi connectivity index (χ4n) is 7.82. The summed E-state index contributed by atoms with van der Waals surface area (Å²) in [6, 6.07) is 0. The largest absolute Gasteiger partial charge is 0.472 e. The molecule has 0 aliphatic rings. The number of phosphoric ester groups is 1. The summed E-state index contributed by atoms with van der Waals surface area (Å²) in [7, 11) is -4.62. The standard InChI is InChI=1S/C52H101O10P/c1-3-5-7-9-11-13-15-17-19-21-23-24-26-28-30-32-34-36-38-40-42-44-52(56)62-50(48-61-63(57,58)60-46-49(54)45-53)47-59-51(55)43-41-39-37-35-33-31-29-27-25-22-20-18-16-14-12-10-8-6-4-2/h18,20,49-50,53-54H,3-17,19,21-48H2,1-2H3,(H,57,58)/b20-18+/t49-,50+/m0/s1. The van der Waals surface area contributed by atoms with Crippen LogP contribution in [0.25, 0.3) is 0 Å². The molecule has 0 heterocycles. The summed E-state index contributed by atoms with van der Waals surface area (Å²) < 4.78 is 32.9. The lowest BCUT2D eigenvalue weighted by molar-refractivity contribution is -0.161. The van der Waals surface area contributed by atoms with E-state index in [1.54, 1.807) is 0 Å². The second kappa shape index (κ2) is 48.6. The summed E-state index contributed by atoms with van der Waals surface area (Å²) in [6.07, 6.45) is 50.4. The van der Waals surface area contributed by atoms with Crippen LogP contribution in [0.1, 0.15) is 271 Å². The Bertz CT molecular complexity index is 1060. The monoisotopic (exact) mass is 917 g/mol. The number of ether oxygens (including phenoxy) is 2. The van der Waals surface area contributed by atoms with Gasteiger partial charge in [-0.25, -0.2) is 4.57 Å². The number of esters is 2. The minimum absolute atomic E-state index is 0.191. The maximum atomic E-state index is 12.7. The summed E-state index contributed by atoms with van der Waals surface area (Å²) in [6.45, 7) is 2.44. The summed E-state index contributed by atoms with van der Waals surface area (Å²) in [4.78, 5) is 35.2. The van der Waals surface area contributed by atoms with E-state index in [0.29, 0.717) is 12.8 Å². The van der Waals surface area contributed by atoms with Gasteiger partial charge >= 0.3 is 19.8 Å². The Morgan fingerprint density at radius 1 is 0.460 bits per heavy atom. The number of aliphatic hydroxyl groups excluding tert-OH is 2. The van der Waals surface area contributed by atoms with E-state index < -0.39 is 51.8 Å². The zero-order valence-electron chi connectivity index (χ0n) is 41.1. The summed E-state index contributed by atoms with van der Waals surface area (Å²) in [5, 5.41) is 18.4. The Hall–Kier alpha value is -1.29. The first kappa shape index (κ1) is 61.7. The topological polar surface area (TPSA) is 149 Å². The van der Waals surface area contributed by atoms with E-state index in [1.165, 1.54) is 193 Å². The number of rotatable bonds is 51. The van der Waals surface area contributed by atoms with Crippen LogP contribution in [-0.4, -0.2) is 65.7 Å². The first-order chi connectivity index (χ1) is 30.7. The number of carbonyl (C=O) groups is 2. The van der Waals surface area contributed by atoms with Gasteiger partial charge in [-0.1, -0.05) is 231 Å². The first-order valence-electron chi connectivity index (χ1n) is 26.6. The van der Waals surface area contributed by atoms with Gasteiger partial charge in [0, 0.05) is 12.8 Å². The third-order valence-electron chi connectivity index (χ3n) is 11.9. The van der Waals surface area contributed by atoms with Gasteiger partial charge in [-0.15, -0.1) is 0 Å². The van der Waals surface area contributed by atoms with Crippen molar-refractivity contribution >= 4 is 19.8 Å². The van der Waals surface area contributed by atoms with Crippen LogP contribution in [0.5, 0.6) is 0 Å². The molecule has 0 saturated heterocycles. The van der Waals surface area contributed by atoms with Crippen molar-refractivity contribution in [1.82, 2.24) is 0 Å². The Morgan fingerprint density at radius 3 is 1.14 bits per heavy atom. The van der Waals surface area contributed by atoms with Gasteiger partial charge in [0.2, 0.25) is 0 Å². The van der Waals surface area contributed by atoms with Gasteiger partial charge in [-0.3, -0.25) is 18.6 Å². The van der Waals surface area contributed by atoms with Crippen LogP contribution in [0, 0.1) is 0 Å². The normalized spacial score (nSPS) is 13.7. The van der Waals surface area contributed by atoms with Gasteiger partial charge in [-0.05, 0) is 38.5 Å². The lowest BCUT2D eigenvalue weighted by Crippen LogP contribution is -2.29. The van der Waals surface area contributed by atoms with E-state index in [0.717, 1.165) is 38.5 Å². The molecule has 0 aromatic heterocycles. The van der Waals surface area contributed by atoms with Crippen molar-refractivity contribution < 1.29 is 47.8 Å². The van der Waals surface area contributed by atoms with Crippen LogP contribution in [0.2, 0.25) is 0 Å². The second-order valence-electron chi connectivity index (χ2n) is 18.3. The molecule has 0 aliphatic heterocycles. The molecular formula is C52H101O10P. The van der Waals surface area contributed by atoms with Crippen molar-refractivity contribution in [2.75, 3.05) is 26.4 Å². The molecule has 0 rings (SSSR count). The van der Waals surface area contributed by atoms with Crippen molar-refractivity contribution in [3.8, 4) is 0 Å². The number of carbonyl (C=O) groups excluding carboxylic acids is 2. The number of hydrogen-bond donors (Lipinski definition) is 3. The van der Waals surface area contributed by atoms with Gasteiger partial charge in [0.15, 0.2) is 6.10 Å². The SMILES string of the molecule is CCCCCCCC/C=C/CCCCCCCCCCCC(=O)OC[C@H](COP(=O)(O)OC[C@@H](O)CO)OC(=O)CCCCCCCCCCCCCCCCCCCCCCC. The molecule has 63 heavy (non-hydrogen) atoms. The lowest BCUT2D eigenvalue weighted by Gasteiger charge is -2.20. The maximum absolute atomic E-state index is 12.7. The number of aliphatic hydroxyl groups is 2. The summed E-state index contributed by atoms with van der Waals surface area (Å²) in [5.41, 5.74) is 0. The molecule has 0 aromatic carbocycles. The molecule has 0 bridgehead atoms. The molecule has 0 spiro atoms. The highest BCUT2D eigenvalue weighted by Gasteiger charge is 2.27. The number of allylic oxidation sites excluding steroid dienone is 2. The first-order valence-corrected chi connectivity index (χ1v) is 28.1. The van der Waals surface area contributed by atoms with Crippen molar-refractivity contribution in [3.05, 3.63) is 12.2 Å². The number of hydrogen-bond acceptors (Lipinski definition) is 9. The van der Waals surface area contributed by atoms with E-state index in [4.69, 9.17) is 23.6 Å². The Morgan fingerprint density at radius 2 is 0.778 bits per heavy atom. The second-order valence-corrected chi connectivity index (χ2v) is 19.7. The van der Waals surface area contributed by atoms with Crippen LogP contribution in [-0.2, 0) is 32.7 Å². The quantitative estimate of drug-likeness (QED) is 0.0233. The molecule has 3 atom stereocenters. The molecule has 10 nitrogen and oxygen atoms in total. The molecule has 0 saturated carbocycles. The zero-order chi connectivity index (χ0) is 46.2. The van der Waals surface area contributed by atoms with Crippen LogP contribution < -0.4 is 0 Å². The van der Waals surface area contributed by atoms with Gasteiger partial charge < -0.3 is 24.6 Å². The van der Waals surface area contributed by atoms with E-state index in [-0.39, 0.29) is 19.4 Å². The molecule has 1 unspecified atom stereocenters. The molecule has 0 aromatic rings. The van der Waals surface area contributed by atoms with E-state index in [2.05, 4.69) is 26.0 Å². The number of unbranched alkanes of at least 4 members (excludes halogenated alkanes) is 35. The van der Waals surface area contributed by atoms with Crippen LogP contribution in [0.4, 0.5) is 0 Å². The molecule has 0 radical (unpaired) electrons. The minimum Gasteiger partial charge on any atom is -0.462 e. The fraction of sp³-hybridized carbons (Fsp3) is 0.923. The highest BCUT2D eigenvalue weighted by Crippen LogP contribution is 2.43. The van der Waals surface area contributed by atoms with Crippen LogP contribution >= 0.6 is 7.82 Å². The molecular weight excluding hydrogens is 816 g/mol. The molecule has 374 valence electrons. The van der Waals surface area contributed by atoms with Gasteiger partial charge in [0.05, 0.1) is 19.8 Å². The average Bonchev–Trinajstić information content (AvgIpc) is 3.27. The van der Waals surface area contributed by atoms with E-state index in [1.807, 2.05) is 0 Å². The molecule has 0 fully saturated rings. The summed E-state index contributed by atoms with van der Waals surface area (Å²) >= 11 is 0. The number of phosphoric acid groups is 1. The van der Waals surface area contributed by atoms with Crippen molar-refractivity contribution in [1.29, 1.82) is 0 Å². The van der Waals surface area contributed by atoms with Gasteiger partial charge in [0.1, 0.15) is 12.7 Å². The van der Waals surface area contributed by atoms with Gasteiger partial charge in [-0.2, -0.15) is 0 Å². The molecule has 0 aliphatic carbocycles. The third kappa shape index (κ3) is 48.5. The van der Waals surface area contributed by atoms with E-state index >= 15 is 0 Å².